The maximum atomic E-state index is 11.4. The highest BCUT2D eigenvalue weighted by molar-refractivity contribution is 7.64. The summed E-state index contributed by atoms with van der Waals surface area (Å²) in [5.74, 6) is -0.0957. The Morgan fingerprint density at radius 2 is 1.75 bits per heavy atom. The lowest BCUT2D eigenvalue weighted by Crippen LogP contribution is -2.07. The van der Waals surface area contributed by atoms with Crippen LogP contribution in [-0.4, -0.2) is 23.7 Å². The summed E-state index contributed by atoms with van der Waals surface area (Å²) in [4.78, 5) is 11.4. The van der Waals surface area contributed by atoms with Gasteiger partial charge in [0.15, 0.2) is 0 Å². The Hall–Kier alpha value is -0.683. The molecule has 0 bridgehead atoms. The molecule has 3 nitrogen and oxygen atoms in total. The zero-order valence-electron chi connectivity index (χ0n) is 13.7. The molecule has 24 heavy (non-hydrogen) atoms. The number of ether oxygens (including phenoxy) is 1. The van der Waals surface area contributed by atoms with Gasteiger partial charge in [-0.3, -0.25) is 0 Å². The Kier molecular flexibility index (Phi) is 9.82. The standard InChI is InChI=1S/C17H23Cl3O3Si/c1-2-23-16-10-8-14(9-11-16)13-15(17(21)22)7-5-3-4-6-12-24(18,19)20/h8-11,13H,2-7,12H2,1H3,(H,21,22)/b15-13+. The summed E-state index contributed by atoms with van der Waals surface area (Å²) >= 11 is 17.5. The average Bonchev–Trinajstić information content (AvgIpc) is 2.50. The summed E-state index contributed by atoms with van der Waals surface area (Å²) in [5.41, 5.74) is 1.27. The Morgan fingerprint density at radius 1 is 1.12 bits per heavy atom. The van der Waals surface area contributed by atoms with Crippen LogP contribution < -0.4 is 4.74 Å². The molecule has 0 unspecified atom stereocenters. The highest BCUT2D eigenvalue weighted by Crippen LogP contribution is 2.27. The second kappa shape index (κ2) is 11.0. The van der Waals surface area contributed by atoms with Crippen molar-refractivity contribution in [2.24, 2.45) is 0 Å². The fourth-order valence-electron chi connectivity index (χ4n) is 2.26. The van der Waals surface area contributed by atoms with Gasteiger partial charge in [-0.25, -0.2) is 4.79 Å². The summed E-state index contributed by atoms with van der Waals surface area (Å²) in [6.45, 7) is 2.53. The first kappa shape index (κ1) is 21.4. The number of hydrogen-bond donors (Lipinski definition) is 1. The second-order valence-electron chi connectivity index (χ2n) is 5.51. The average molecular weight is 410 g/mol. The molecule has 134 valence electrons. The minimum atomic E-state index is -2.52. The minimum absolute atomic E-state index is 0.412. The Labute approximate surface area is 158 Å². The zero-order valence-corrected chi connectivity index (χ0v) is 17.0. The van der Waals surface area contributed by atoms with Crippen LogP contribution in [0.2, 0.25) is 6.04 Å². The fraction of sp³-hybridized carbons (Fsp3) is 0.471. The molecule has 0 saturated carbocycles. The summed E-state index contributed by atoms with van der Waals surface area (Å²) in [6, 6.07) is 5.55. The van der Waals surface area contributed by atoms with Crippen molar-refractivity contribution in [3.05, 3.63) is 35.4 Å². The molecule has 0 radical (unpaired) electrons. The van der Waals surface area contributed by atoms with Crippen molar-refractivity contribution in [3.63, 3.8) is 0 Å². The Morgan fingerprint density at radius 3 is 2.29 bits per heavy atom. The maximum Gasteiger partial charge on any atom is 0.341 e. The van der Waals surface area contributed by atoms with E-state index < -0.39 is 12.0 Å². The molecular weight excluding hydrogens is 387 g/mol. The topological polar surface area (TPSA) is 46.5 Å². The van der Waals surface area contributed by atoms with E-state index in [-0.39, 0.29) is 0 Å². The van der Waals surface area contributed by atoms with Gasteiger partial charge >= 0.3 is 12.0 Å². The molecule has 0 aliphatic rings. The lowest BCUT2D eigenvalue weighted by Gasteiger charge is -2.07. The van der Waals surface area contributed by atoms with E-state index in [2.05, 4.69) is 0 Å². The van der Waals surface area contributed by atoms with Crippen molar-refractivity contribution >= 4 is 51.3 Å². The van der Waals surface area contributed by atoms with Gasteiger partial charge in [0.05, 0.1) is 6.61 Å². The molecule has 1 aromatic rings. The van der Waals surface area contributed by atoms with Crippen LogP contribution in [-0.2, 0) is 4.79 Å². The summed E-state index contributed by atoms with van der Waals surface area (Å²) in [7, 11) is 0. The molecule has 0 aliphatic carbocycles. The lowest BCUT2D eigenvalue weighted by atomic mass is 10.0. The first-order chi connectivity index (χ1) is 11.3. The molecule has 0 saturated heterocycles. The normalized spacial score (nSPS) is 12.2. The van der Waals surface area contributed by atoms with Crippen molar-refractivity contribution in [2.45, 2.75) is 45.1 Å². The molecule has 0 atom stereocenters. The van der Waals surface area contributed by atoms with Gasteiger partial charge in [-0.1, -0.05) is 31.4 Å². The number of carbonyl (C=O) groups is 1. The lowest BCUT2D eigenvalue weighted by molar-refractivity contribution is -0.132. The van der Waals surface area contributed by atoms with E-state index in [0.29, 0.717) is 24.6 Å². The molecule has 0 heterocycles. The van der Waals surface area contributed by atoms with Crippen LogP contribution in [0.5, 0.6) is 5.75 Å². The van der Waals surface area contributed by atoms with Crippen molar-refractivity contribution in [2.75, 3.05) is 6.61 Å². The predicted octanol–water partition coefficient (Wildman–Crippen LogP) is 6.16. The molecular formula is C17H23Cl3O3Si. The van der Waals surface area contributed by atoms with Crippen LogP contribution in [0.15, 0.2) is 29.8 Å². The van der Waals surface area contributed by atoms with Gasteiger partial charge in [-0.2, -0.15) is 0 Å². The Bertz CT molecular complexity index is 539. The molecule has 1 aromatic carbocycles. The van der Waals surface area contributed by atoms with Crippen molar-refractivity contribution < 1.29 is 14.6 Å². The van der Waals surface area contributed by atoms with Crippen LogP contribution in [0.25, 0.3) is 6.08 Å². The van der Waals surface area contributed by atoms with E-state index >= 15 is 0 Å². The van der Waals surface area contributed by atoms with Gasteiger partial charge in [0.2, 0.25) is 0 Å². The number of aliphatic carboxylic acids is 1. The molecule has 1 N–H and O–H groups in total. The molecule has 0 spiro atoms. The summed E-state index contributed by atoms with van der Waals surface area (Å²) in [5, 5.41) is 9.34. The fourth-order valence-corrected chi connectivity index (χ4v) is 4.12. The molecule has 7 heteroatoms. The van der Waals surface area contributed by atoms with Gasteiger partial charge < -0.3 is 9.84 Å². The van der Waals surface area contributed by atoms with Gasteiger partial charge in [0, 0.05) is 5.57 Å². The molecule has 0 aliphatic heterocycles. The predicted molar refractivity (Wildman–Crippen MR) is 104 cm³/mol. The quantitative estimate of drug-likeness (QED) is 0.206. The van der Waals surface area contributed by atoms with E-state index in [1.165, 1.54) is 0 Å². The summed E-state index contributed by atoms with van der Waals surface area (Å²) in [6.07, 6.45) is 5.84. The molecule has 1 rings (SSSR count). The first-order valence-electron chi connectivity index (χ1n) is 8.05. The van der Waals surface area contributed by atoms with E-state index in [9.17, 15) is 9.90 Å². The van der Waals surface area contributed by atoms with Crippen LogP contribution in [0.1, 0.15) is 44.6 Å². The van der Waals surface area contributed by atoms with E-state index in [0.717, 1.165) is 37.0 Å². The number of carboxylic acids is 1. The molecule has 0 amide bonds. The number of rotatable bonds is 11. The van der Waals surface area contributed by atoms with Crippen LogP contribution in [0.3, 0.4) is 0 Å². The van der Waals surface area contributed by atoms with Gasteiger partial charge in [-0.05, 0) is 49.6 Å². The number of carboxylic acid groups (broad SMARTS) is 1. The number of hydrogen-bond acceptors (Lipinski definition) is 2. The Balaban J connectivity index is 2.47. The van der Waals surface area contributed by atoms with Crippen molar-refractivity contribution in [3.8, 4) is 5.75 Å². The van der Waals surface area contributed by atoms with Crippen molar-refractivity contribution in [1.29, 1.82) is 0 Å². The molecule has 0 aromatic heterocycles. The van der Waals surface area contributed by atoms with E-state index in [4.69, 9.17) is 38.0 Å². The number of halogens is 3. The molecule has 0 fully saturated rings. The van der Waals surface area contributed by atoms with Gasteiger partial charge in [0.25, 0.3) is 0 Å². The highest BCUT2D eigenvalue weighted by Gasteiger charge is 2.23. The third-order valence-corrected chi connectivity index (χ3v) is 6.08. The second-order valence-corrected chi connectivity index (χ2v) is 14.8. The van der Waals surface area contributed by atoms with Gasteiger partial charge in [0.1, 0.15) is 5.75 Å². The minimum Gasteiger partial charge on any atom is -0.494 e. The maximum absolute atomic E-state index is 11.4. The van der Waals surface area contributed by atoms with Crippen LogP contribution in [0, 0.1) is 0 Å². The number of benzene rings is 1. The largest absolute Gasteiger partial charge is 0.494 e. The first-order valence-corrected chi connectivity index (χ1v) is 13.3. The smallest absolute Gasteiger partial charge is 0.341 e. The third kappa shape index (κ3) is 9.57. The monoisotopic (exact) mass is 408 g/mol. The van der Waals surface area contributed by atoms with Crippen LogP contribution in [0.4, 0.5) is 0 Å². The zero-order chi connectivity index (χ0) is 18.0. The SMILES string of the molecule is CCOc1ccc(/C=C(\CCCCCC[Si](Cl)(Cl)Cl)C(=O)O)cc1. The highest BCUT2D eigenvalue weighted by atomic mass is 35.8. The van der Waals surface area contributed by atoms with E-state index in [1.54, 1.807) is 6.08 Å². The summed E-state index contributed by atoms with van der Waals surface area (Å²) < 4.78 is 5.38. The third-order valence-electron chi connectivity index (χ3n) is 3.46. The van der Waals surface area contributed by atoms with E-state index in [1.807, 2.05) is 31.2 Å². The van der Waals surface area contributed by atoms with Crippen LogP contribution >= 0.6 is 33.2 Å². The number of unbranched alkanes of at least 4 members (excludes halogenated alkanes) is 3. The van der Waals surface area contributed by atoms with Gasteiger partial charge in [-0.15, -0.1) is 33.2 Å². The van der Waals surface area contributed by atoms with Crippen molar-refractivity contribution in [1.82, 2.24) is 0 Å².